The molecule has 3 atom stereocenters. The fourth-order valence-corrected chi connectivity index (χ4v) is 5.10. The van der Waals surface area contributed by atoms with Gasteiger partial charge in [0.15, 0.2) is 0 Å². The molecule has 0 spiro atoms. The lowest BCUT2D eigenvalue weighted by Gasteiger charge is -2.58. The van der Waals surface area contributed by atoms with Crippen LogP contribution in [-0.4, -0.2) is 65.6 Å². The Morgan fingerprint density at radius 3 is 2.21 bits per heavy atom. The first kappa shape index (κ1) is 21.2. The summed E-state index contributed by atoms with van der Waals surface area (Å²) in [7, 11) is 1.65. The highest BCUT2D eigenvalue weighted by molar-refractivity contribution is 5.97. The summed E-state index contributed by atoms with van der Waals surface area (Å²) in [6, 6.07) is 24.8. The molecule has 0 radical (unpaired) electrons. The molecule has 3 aromatic rings. The topological polar surface area (TPSA) is 70.1 Å². The lowest BCUT2D eigenvalue weighted by Crippen LogP contribution is -2.73. The molecule has 1 N–H and O–H groups in total. The van der Waals surface area contributed by atoms with Crippen LogP contribution in [0.1, 0.15) is 21.8 Å². The maximum atomic E-state index is 13.0. The molecule has 2 aliphatic rings. The van der Waals surface area contributed by atoms with Crippen LogP contribution in [0.3, 0.4) is 0 Å². The zero-order valence-corrected chi connectivity index (χ0v) is 18.4. The molecule has 0 bridgehead atoms. The Labute approximate surface area is 193 Å². The van der Waals surface area contributed by atoms with Crippen molar-refractivity contribution in [1.29, 1.82) is 0 Å². The van der Waals surface area contributed by atoms with Crippen LogP contribution in [-0.2, 0) is 4.79 Å². The van der Waals surface area contributed by atoms with Crippen LogP contribution in [0.25, 0.3) is 11.1 Å². The summed E-state index contributed by atoms with van der Waals surface area (Å²) in [6.45, 7) is 0.407. The van der Waals surface area contributed by atoms with E-state index in [1.807, 2.05) is 42.5 Å². The minimum Gasteiger partial charge on any atom is -0.497 e. The number of ether oxygens (including phenoxy) is 1. The number of benzene rings is 3. The van der Waals surface area contributed by atoms with Crippen molar-refractivity contribution in [2.45, 2.75) is 18.0 Å². The largest absolute Gasteiger partial charge is 0.497 e. The van der Waals surface area contributed by atoms with Crippen molar-refractivity contribution in [3.05, 3.63) is 90.0 Å². The molecule has 2 amide bonds. The molecule has 0 saturated carbocycles. The van der Waals surface area contributed by atoms with Gasteiger partial charge in [0.25, 0.3) is 5.91 Å². The summed E-state index contributed by atoms with van der Waals surface area (Å²) in [6.07, 6.45) is 0. The molecular formula is C27H26N2O4. The van der Waals surface area contributed by atoms with Crippen LogP contribution in [0.15, 0.2) is 78.9 Å². The lowest BCUT2D eigenvalue weighted by molar-refractivity contribution is -0.159. The Balaban J connectivity index is 1.37. The fraction of sp³-hybridized carbons (Fsp3) is 0.259. The average Bonchev–Trinajstić information content (AvgIpc) is 2.86. The van der Waals surface area contributed by atoms with Gasteiger partial charge in [-0.15, -0.1) is 0 Å². The Morgan fingerprint density at radius 1 is 0.970 bits per heavy atom. The van der Waals surface area contributed by atoms with Crippen LogP contribution in [0.2, 0.25) is 0 Å². The number of carbonyl (C=O) groups excluding carboxylic acids is 2. The van der Waals surface area contributed by atoms with E-state index in [2.05, 4.69) is 24.3 Å². The molecule has 3 aromatic carbocycles. The molecule has 0 unspecified atom stereocenters. The van der Waals surface area contributed by atoms with E-state index in [1.54, 1.807) is 29.0 Å². The van der Waals surface area contributed by atoms with Crippen molar-refractivity contribution in [2.24, 2.45) is 0 Å². The number of amides is 2. The summed E-state index contributed by atoms with van der Waals surface area (Å²) in [5.74, 6) is 0.549. The quantitative estimate of drug-likeness (QED) is 0.659. The van der Waals surface area contributed by atoms with Crippen molar-refractivity contribution in [3.8, 4) is 16.9 Å². The van der Waals surface area contributed by atoms with E-state index in [0.29, 0.717) is 12.1 Å². The molecular weight excluding hydrogens is 416 g/mol. The number of methoxy groups -OCH3 is 1. The van der Waals surface area contributed by atoms with E-state index in [1.165, 1.54) is 0 Å². The predicted octanol–water partition coefficient (Wildman–Crippen LogP) is 3.17. The number of fused-ring (bicyclic) bond motifs is 1. The molecule has 0 aromatic heterocycles. The van der Waals surface area contributed by atoms with E-state index >= 15 is 0 Å². The highest BCUT2D eigenvalue weighted by atomic mass is 16.5. The van der Waals surface area contributed by atoms with Crippen molar-refractivity contribution < 1.29 is 19.4 Å². The lowest BCUT2D eigenvalue weighted by atomic mass is 9.73. The molecule has 2 fully saturated rings. The molecule has 2 heterocycles. The first-order valence-corrected chi connectivity index (χ1v) is 11.1. The zero-order chi connectivity index (χ0) is 22.9. The molecule has 5 rings (SSSR count). The second-order valence-electron chi connectivity index (χ2n) is 8.55. The Morgan fingerprint density at radius 2 is 1.61 bits per heavy atom. The summed E-state index contributed by atoms with van der Waals surface area (Å²) in [4.78, 5) is 29.2. The van der Waals surface area contributed by atoms with E-state index in [0.717, 1.165) is 22.4 Å². The SMILES string of the molecule is COc1ccc(-c2ccc([C@H]3[C@@H](CO)N4C(=O)CN(C(=O)c5ccccc5)C[C@@H]34)cc2)cc1. The van der Waals surface area contributed by atoms with Crippen molar-refractivity contribution in [2.75, 3.05) is 26.8 Å². The number of nitrogens with zero attached hydrogens (tertiary/aromatic N) is 2. The first-order chi connectivity index (χ1) is 16.1. The van der Waals surface area contributed by atoms with Gasteiger partial charge in [-0.3, -0.25) is 9.59 Å². The second kappa shape index (κ2) is 8.71. The highest BCUT2D eigenvalue weighted by Gasteiger charge is 2.54. The van der Waals surface area contributed by atoms with Crippen molar-refractivity contribution in [1.82, 2.24) is 9.80 Å². The van der Waals surface area contributed by atoms with Gasteiger partial charge in [-0.25, -0.2) is 0 Å². The molecule has 6 nitrogen and oxygen atoms in total. The Hall–Kier alpha value is -3.64. The summed E-state index contributed by atoms with van der Waals surface area (Å²) >= 11 is 0. The van der Waals surface area contributed by atoms with Gasteiger partial charge in [0, 0.05) is 18.0 Å². The molecule has 33 heavy (non-hydrogen) atoms. The maximum Gasteiger partial charge on any atom is 0.254 e. The van der Waals surface area contributed by atoms with Crippen LogP contribution in [0, 0.1) is 0 Å². The zero-order valence-electron chi connectivity index (χ0n) is 18.4. The van der Waals surface area contributed by atoms with E-state index in [-0.39, 0.29) is 43.0 Å². The first-order valence-electron chi connectivity index (χ1n) is 11.1. The smallest absolute Gasteiger partial charge is 0.254 e. The van der Waals surface area contributed by atoms with Gasteiger partial charge in [0.05, 0.1) is 25.8 Å². The minimum atomic E-state index is -0.261. The molecule has 168 valence electrons. The number of hydrogen-bond donors (Lipinski definition) is 1. The highest BCUT2D eigenvalue weighted by Crippen LogP contribution is 2.43. The third-order valence-corrected chi connectivity index (χ3v) is 6.78. The maximum absolute atomic E-state index is 13.0. The summed E-state index contributed by atoms with van der Waals surface area (Å²) in [5, 5.41) is 10.0. The number of rotatable bonds is 5. The number of aliphatic hydroxyl groups is 1. The van der Waals surface area contributed by atoms with E-state index in [9.17, 15) is 14.7 Å². The average molecular weight is 443 g/mol. The van der Waals surface area contributed by atoms with Gasteiger partial charge in [0.1, 0.15) is 12.3 Å². The Kier molecular flexibility index (Phi) is 5.60. The monoisotopic (exact) mass is 442 g/mol. The van der Waals surface area contributed by atoms with Crippen molar-refractivity contribution in [3.63, 3.8) is 0 Å². The van der Waals surface area contributed by atoms with Crippen LogP contribution in [0.5, 0.6) is 5.75 Å². The van der Waals surface area contributed by atoms with E-state index < -0.39 is 0 Å². The van der Waals surface area contributed by atoms with Crippen LogP contribution < -0.4 is 4.74 Å². The summed E-state index contributed by atoms with van der Waals surface area (Å²) < 4.78 is 5.23. The predicted molar refractivity (Wildman–Crippen MR) is 125 cm³/mol. The number of carbonyl (C=O) groups is 2. The van der Waals surface area contributed by atoms with Gasteiger partial charge in [-0.1, -0.05) is 54.6 Å². The number of piperazine rings is 1. The van der Waals surface area contributed by atoms with Crippen molar-refractivity contribution >= 4 is 11.8 Å². The van der Waals surface area contributed by atoms with Gasteiger partial charge in [0.2, 0.25) is 5.91 Å². The van der Waals surface area contributed by atoms with Gasteiger partial charge in [-0.2, -0.15) is 0 Å². The molecule has 2 saturated heterocycles. The van der Waals surface area contributed by atoms with E-state index in [4.69, 9.17) is 4.74 Å². The van der Waals surface area contributed by atoms with Gasteiger partial charge < -0.3 is 19.6 Å². The Bertz CT molecular complexity index is 1150. The molecule has 0 aliphatic carbocycles. The summed E-state index contributed by atoms with van der Waals surface area (Å²) in [5.41, 5.74) is 3.81. The van der Waals surface area contributed by atoms with Gasteiger partial charge in [-0.05, 0) is 41.0 Å². The number of hydrogen-bond acceptors (Lipinski definition) is 4. The van der Waals surface area contributed by atoms with Gasteiger partial charge >= 0.3 is 0 Å². The standard InChI is InChI=1S/C27H26N2O4/c1-33-22-13-11-19(12-14-22)18-7-9-20(10-8-18)26-23-15-28(16-25(31)29(23)24(26)17-30)27(32)21-5-3-2-4-6-21/h2-14,23-24,26,30H,15-17H2,1H3/t23-,24+,26+/m0/s1. The number of aliphatic hydroxyl groups excluding tert-OH is 1. The second-order valence-corrected chi connectivity index (χ2v) is 8.55. The normalized spacial score (nSPS) is 21.9. The minimum absolute atomic E-state index is 0.0183. The third kappa shape index (κ3) is 3.76. The van der Waals surface area contributed by atoms with Crippen LogP contribution >= 0.6 is 0 Å². The fourth-order valence-electron chi connectivity index (χ4n) is 5.10. The molecule has 2 aliphatic heterocycles. The molecule has 6 heteroatoms. The van der Waals surface area contributed by atoms with Crippen LogP contribution in [0.4, 0.5) is 0 Å². The third-order valence-electron chi connectivity index (χ3n) is 6.78.